The van der Waals surface area contributed by atoms with Gasteiger partial charge in [0.15, 0.2) is 5.76 Å². The van der Waals surface area contributed by atoms with E-state index in [0.29, 0.717) is 5.56 Å². The average molecular weight is 426 g/mol. The Balaban J connectivity index is 1.61. The summed E-state index contributed by atoms with van der Waals surface area (Å²) in [6, 6.07) is 19.5. The highest BCUT2D eigenvalue weighted by atomic mass is 16.3. The van der Waals surface area contributed by atoms with Crippen LogP contribution in [-0.4, -0.2) is 28.9 Å². The third kappa shape index (κ3) is 4.04. The Morgan fingerprint density at radius 3 is 2.53 bits per heavy atom. The van der Waals surface area contributed by atoms with E-state index in [2.05, 4.69) is 21.3 Å². The van der Waals surface area contributed by atoms with E-state index in [1.165, 1.54) is 6.42 Å². The lowest BCUT2D eigenvalue weighted by Gasteiger charge is -2.34. The number of para-hydroxylation sites is 1. The predicted octanol–water partition coefficient (Wildman–Crippen LogP) is 5.96. The first-order valence-electron chi connectivity index (χ1n) is 11.2. The number of aryl methyl sites for hydroxylation is 1. The molecule has 1 N–H and O–H groups in total. The van der Waals surface area contributed by atoms with Crippen LogP contribution >= 0.6 is 0 Å². The largest absolute Gasteiger partial charge is 0.457 e. The molecule has 2 aromatic carbocycles. The third-order valence-corrected chi connectivity index (χ3v) is 6.18. The van der Waals surface area contributed by atoms with Gasteiger partial charge in [0.05, 0.1) is 11.7 Å². The average Bonchev–Trinajstić information content (AvgIpc) is 3.19. The number of pyridine rings is 1. The zero-order chi connectivity index (χ0) is 21.9. The Morgan fingerprint density at radius 1 is 1.00 bits per heavy atom. The zero-order valence-corrected chi connectivity index (χ0v) is 18.3. The van der Waals surface area contributed by atoms with E-state index in [-0.39, 0.29) is 11.9 Å². The fraction of sp³-hybridized carbons (Fsp3) is 0.259. The summed E-state index contributed by atoms with van der Waals surface area (Å²) in [6.07, 6.45) is 7.24. The van der Waals surface area contributed by atoms with Crippen LogP contribution in [0.3, 0.4) is 0 Å². The molecular formula is C27H27N3O2. The highest BCUT2D eigenvalue weighted by Crippen LogP contribution is 2.41. The van der Waals surface area contributed by atoms with Crippen molar-refractivity contribution in [2.45, 2.75) is 32.2 Å². The summed E-state index contributed by atoms with van der Waals surface area (Å²) >= 11 is 0. The van der Waals surface area contributed by atoms with Crippen LogP contribution in [0.15, 0.2) is 77.5 Å². The van der Waals surface area contributed by atoms with Crippen LogP contribution < -0.4 is 5.32 Å². The van der Waals surface area contributed by atoms with Crippen molar-refractivity contribution in [3.8, 4) is 0 Å². The number of nitrogens with one attached hydrogen (secondary N) is 1. The molecule has 1 fully saturated rings. The molecule has 1 atom stereocenters. The monoisotopic (exact) mass is 425 g/mol. The summed E-state index contributed by atoms with van der Waals surface area (Å²) in [5.41, 5.74) is 4.33. The molecule has 0 radical (unpaired) electrons. The van der Waals surface area contributed by atoms with Crippen LogP contribution in [0.5, 0.6) is 0 Å². The van der Waals surface area contributed by atoms with Gasteiger partial charge in [-0.1, -0.05) is 42.3 Å². The highest BCUT2D eigenvalue weighted by molar-refractivity contribution is 6.09. The molecule has 4 aromatic rings. The molecule has 162 valence electrons. The Kier molecular flexibility index (Phi) is 5.73. The number of hydrogen-bond donors (Lipinski definition) is 1. The van der Waals surface area contributed by atoms with Crippen molar-refractivity contribution in [2.24, 2.45) is 0 Å². The van der Waals surface area contributed by atoms with E-state index < -0.39 is 0 Å². The number of carbonyl (C=O) groups excluding carboxylic acids is 1. The molecule has 1 saturated heterocycles. The summed E-state index contributed by atoms with van der Waals surface area (Å²) < 4.78 is 6.44. The number of rotatable bonds is 5. The molecule has 5 nitrogen and oxygen atoms in total. The third-order valence-electron chi connectivity index (χ3n) is 6.18. The van der Waals surface area contributed by atoms with Gasteiger partial charge in [0.1, 0.15) is 5.58 Å². The molecule has 2 aromatic heterocycles. The second-order valence-electron chi connectivity index (χ2n) is 8.44. The van der Waals surface area contributed by atoms with Gasteiger partial charge in [-0.2, -0.15) is 0 Å². The molecule has 0 spiro atoms. The molecule has 0 saturated carbocycles. The zero-order valence-electron chi connectivity index (χ0n) is 18.3. The summed E-state index contributed by atoms with van der Waals surface area (Å²) in [4.78, 5) is 20.0. The van der Waals surface area contributed by atoms with Crippen molar-refractivity contribution >= 4 is 22.6 Å². The van der Waals surface area contributed by atoms with E-state index in [0.717, 1.165) is 59.5 Å². The van der Waals surface area contributed by atoms with E-state index in [4.69, 9.17) is 4.42 Å². The van der Waals surface area contributed by atoms with Crippen LogP contribution in [0.2, 0.25) is 0 Å². The number of hydrogen-bond acceptors (Lipinski definition) is 4. The van der Waals surface area contributed by atoms with Gasteiger partial charge >= 0.3 is 0 Å². The lowest BCUT2D eigenvalue weighted by atomic mass is 9.99. The number of fused-ring (bicyclic) bond motifs is 1. The van der Waals surface area contributed by atoms with Crippen LogP contribution in [0.4, 0.5) is 5.69 Å². The van der Waals surface area contributed by atoms with Gasteiger partial charge in [-0.05, 0) is 68.8 Å². The molecule has 0 bridgehead atoms. The number of aromatic nitrogens is 1. The summed E-state index contributed by atoms with van der Waals surface area (Å²) in [5, 5.41) is 4.09. The van der Waals surface area contributed by atoms with Crippen molar-refractivity contribution < 1.29 is 9.21 Å². The summed E-state index contributed by atoms with van der Waals surface area (Å²) in [7, 11) is 0. The topological polar surface area (TPSA) is 58.4 Å². The number of benzene rings is 2. The fourth-order valence-electron chi connectivity index (χ4n) is 4.52. The van der Waals surface area contributed by atoms with Gasteiger partial charge in [0.2, 0.25) is 0 Å². The minimum atomic E-state index is -0.138. The Hall–Kier alpha value is -3.44. The molecule has 5 rings (SSSR count). The van der Waals surface area contributed by atoms with Crippen LogP contribution in [0.1, 0.15) is 52.5 Å². The van der Waals surface area contributed by atoms with E-state index in [1.807, 2.05) is 67.7 Å². The van der Waals surface area contributed by atoms with Crippen molar-refractivity contribution in [1.29, 1.82) is 0 Å². The first kappa shape index (κ1) is 20.5. The summed E-state index contributed by atoms with van der Waals surface area (Å²) in [5.74, 6) is 0.628. The van der Waals surface area contributed by atoms with Crippen molar-refractivity contribution in [3.63, 3.8) is 0 Å². The second kappa shape index (κ2) is 8.97. The van der Waals surface area contributed by atoms with E-state index in [1.54, 1.807) is 6.20 Å². The standard InChI is InChI=1S/C27H27N3O2/c1-19-11-13-20(14-12-19)27(31)29-24-22-9-3-4-10-23(22)32-26(24)25(21-8-7-15-28-18-21)30-16-5-2-6-17-30/h3-4,7-15,18,25H,2,5-6,16-17H2,1H3,(H,29,31)/t25-/m1/s1. The smallest absolute Gasteiger partial charge is 0.255 e. The second-order valence-corrected chi connectivity index (χ2v) is 8.44. The lowest BCUT2D eigenvalue weighted by molar-refractivity contribution is 0.102. The molecule has 5 heteroatoms. The van der Waals surface area contributed by atoms with Crippen LogP contribution in [-0.2, 0) is 0 Å². The van der Waals surface area contributed by atoms with Gasteiger partial charge in [-0.3, -0.25) is 14.7 Å². The van der Waals surface area contributed by atoms with Crippen LogP contribution in [0, 0.1) is 6.92 Å². The Bertz CT molecular complexity index is 1210. The maximum absolute atomic E-state index is 13.2. The first-order valence-corrected chi connectivity index (χ1v) is 11.2. The molecule has 3 heterocycles. The van der Waals surface area contributed by atoms with Gasteiger partial charge in [-0.15, -0.1) is 0 Å². The first-order chi connectivity index (χ1) is 15.7. The van der Waals surface area contributed by atoms with Gasteiger partial charge in [-0.25, -0.2) is 0 Å². The predicted molar refractivity (Wildman–Crippen MR) is 127 cm³/mol. The molecule has 0 unspecified atom stereocenters. The number of furan rings is 1. The highest BCUT2D eigenvalue weighted by Gasteiger charge is 2.31. The van der Waals surface area contributed by atoms with E-state index in [9.17, 15) is 4.79 Å². The maximum atomic E-state index is 13.2. The Morgan fingerprint density at radius 2 is 1.78 bits per heavy atom. The number of piperidine rings is 1. The number of anilines is 1. The SMILES string of the molecule is Cc1ccc(C(=O)Nc2c([C@@H](c3cccnc3)N3CCCCC3)oc3ccccc23)cc1. The van der Waals surface area contributed by atoms with Crippen molar-refractivity contribution in [3.05, 3.63) is 95.5 Å². The van der Waals surface area contributed by atoms with E-state index >= 15 is 0 Å². The minimum absolute atomic E-state index is 0.107. The lowest BCUT2D eigenvalue weighted by Crippen LogP contribution is -2.34. The normalized spacial score (nSPS) is 15.5. The minimum Gasteiger partial charge on any atom is -0.457 e. The number of likely N-dealkylation sites (tertiary alicyclic amines) is 1. The number of carbonyl (C=O) groups is 1. The summed E-state index contributed by atoms with van der Waals surface area (Å²) in [6.45, 7) is 3.99. The van der Waals surface area contributed by atoms with Crippen molar-refractivity contribution in [1.82, 2.24) is 9.88 Å². The molecule has 1 amide bonds. The number of amides is 1. The quantitative estimate of drug-likeness (QED) is 0.428. The van der Waals surface area contributed by atoms with Crippen LogP contribution in [0.25, 0.3) is 11.0 Å². The molecule has 32 heavy (non-hydrogen) atoms. The Labute approximate surface area is 188 Å². The fourth-order valence-corrected chi connectivity index (χ4v) is 4.52. The van der Waals surface area contributed by atoms with Gasteiger partial charge in [0, 0.05) is 23.3 Å². The molecule has 1 aliphatic heterocycles. The molecule has 0 aliphatic carbocycles. The maximum Gasteiger partial charge on any atom is 0.255 e. The molecule has 1 aliphatic rings. The van der Waals surface area contributed by atoms with Gasteiger partial charge in [0.25, 0.3) is 5.91 Å². The number of nitrogens with zero attached hydrogens (tertiary/aromatic N) is 2. The molecular weight excluding hydrogens is 398 g/mol. The van der Waals surface area contributed by atoms with Crippen molar-refractivity contribution in [2.75, 3.05) is 18.4 Å². The van der Waals surface area contributed by atoms with Gasteiger partial charge < -0.3 is 9.73 Å².